The number of alkyl halides is 3. The lowest BCUT2D eigenvalue weighted by atomic mass is 9.95. The second-order valence-electron chi connectivity index (χ2n) is 7.28. The zero-order chi connectivity index (χ0) is 21.8. The van der Waals surface area contributed by atoms with E-state index in [4.69, 9.17) is 0 Å². The van der Waals surface area contributed by atoms with Crippen LogP contribution >= 0.6 is 0 Å². The van der Waals surface area contributed by atoms with Crippen LogP contribution in [0.1, 0.15) is 37.7 Å². The van der Waals surface area contributed by atoms with Gasteiger partial charge >= 0.3 is 6.18 Å². The van der Waals surface area contributed by atoms with Crippen molar-refractivity contribution in [2.75, 3.05) is 11.9 Å². The van der Waals surface area contributed by atoms with E-state index in [9.17, 15) is 26.4 Å². The first-order valence-corrected chi connectivity index (χ1v) is 11.2. The largest absolute Gasteiger partial charge is 0.416 e. The highest BCUT2D eigenvalue weighted by molar-refractivity contribution is 7.89. The van der Waals surface area contributed by atoms with Crippen molar-refractivity contribution in [3.05, 3.63) is 60.2 Å². The Bertz CT molecular complexity index is 972. The number of nitrogens with one attached hydrogen (secondary N) is 1. The van der Waals surface area contributed by atoms with E-state index >= 15 is 0 Å². The zero-order valence-corrected chi connectivity index (χ0v) is 17.0. The van der Waals surface area contributed by atoms with Gasteiger partial charge in [0.2, 0.25) is 15.9 Å². The van der Waals surface area contributed by atoms with E-state index in [1.165, 1.54) is 28.6 Å². The van der Waals surface area contributed by atoms with Crippen LogP contribution in [0.5, 0.6) is 0 Å². The van der Waals surface area contributed by atoms with Crippen molar-refractivity contribution in [1.82, 2.24) is 4.31 Å². The summed E-state index contributed by atoms with van der Waals surface area (Å²) in [6.07, 6.45) is -0.523. The van der Waals surface area contributed by atoms with Crippen molar-refractivity contribution in [1.29, 1.82) is 0 Å². The van der Waals surface area contributed by atoms with Crippen LogP contribution in [-0.4, -0.2) is 31.2 Å². The van der Waals surface area contributed by atoms with Gasteiger partial charge in [0.25, 0.3) is 0 Å². The minimum atomic E-state index is -4.54. The van der Waals surface area contributed by atoms with Crippen molar-refractivity contribution in [2.24, 2.45) is 0 Å². The number of sulfonamides is 1. The van der Waals surface area contributed by atoms with Gasteiger partial charge in [-0.25, -0.2) is 8.42 Å². The summed E-state index contributed by atoms with van der Waals surface area (Å²) in [5.74, 6) is -0.681. The van der Waals surface area contributed by atoms with Gasteiger partial charge in [-0.2, -0.15) is 17.5 Å². The summed E-state index contributed by atoms with van der Waals surface area (Å²) in [5.41, 5.74) is -0.920. The summed E-state index contributed by atoms with van der Waals surface area (Å²) in [6.45, 7) is -0.460. The molecule has 0 aromatic heterocycles. The van der Waals surface area contributed by atoms with Gasteiger partial charge in [0.05, 0.1) is 17.0 Å². The molecule has 1 amide bonds. The highest BCUT2D eigenvalue weighted by atomic mass is 32.2. The van der Waals surface area contributed by atoms with Gasteiger partial charge in [0.15, 0.2) is 0 Å². The highest BCUT2D eigenvalue weighted by Crippen LogP contribution is 2.31. The predicted octanol–water partition coefficient (Wildman–Crippen LogP) is 4.67. The standard InChI is InChI=1S/C21H23F3N2O3S/c22-21(23,24)16-8-7-9-17(14-16)25-20(27)15-26(18-10-3-1-4-11-18)30(28,29)19-12-5-2-6-13-19/h2,5-9,12-14,18H,1,3-4,10-11,15H2,(H,25,27). The molecule has 1 aliphatic rings. The minimum Gasteiger partial charge on any atom is -0.325 e. The molecule has 0 heterocycles. The molecule has 2 aromatic rings. The van der Waals surface area contributed by atoms with Crippen LogP contribution < -0.4 is 5.32 Å². The third-order valence-corrected chi connectivity index (χ3v) is 7.02. The minimum absolute atomic E-state index is 0.0319. The number of carbonyl (C=O) groups is 1. The summed E-state index contributed by atoms with van der Waals surface area (Å²) < 4.78 is 66.3. The molecule has 5 nitrogen and oxygen atoms in total. The van der Waals surface area contributed by atoms with Crippen LogP contribution in [0, 0.1) is 0 Å². The topological polar surface area (TPSA) is 66.5 Å². The molecule has 0 spiro atoms. The lowest BCUT2D eigenvalue weighted by molar-refractivity contribution is -0.137. The SMILES string of the molecule is O=C(CN(C1CCCCC1)S(=O)(=O)c1ccccc1)Nc1cccc(C(F)(F)F)c1. The van der Waals surface area contributed by atoms with Gasteiger partial charge in [0.1, 0.15) is 0 Å². The van der Waals surface area contributed by atoms with E-state index in [2.05, 4.69) is 5.32 Å². The molecule has 1 aliphatic carbocycles. The monoisotopic (exact) mass is 440 g/mol. The zero-order valence-electron chi connectivity index (χ0n) is 16.2. The molecule has 30 heavy (non-hydrogen) atoms. The van der Waals surface area contributed by atoms with Crippen LogP contribution in [0.2, 0.25) is 0 Å². The van der Waals surface area contributed by atoms with Gasteiger partial charge in [-0.3, -0.25) is 4.79 Å². The average Bonchev–Trinajstić information content (AvgIpc) is 2.73. The molecular weight excluding hydrogens is 417 g/mol. The second kappa shape index (κ2) is 9.18. The molecule has 0 bridgehead atoms. The summed E-state index contributed by atoms with van der Waals surface area (Å²) in [5, 5.41) is 2.40. The smallest absolute Gasteiger partial charge is 0.325 e. The number of rotatable bonds is 6. The Labute approximate surface area is 173 Å². The number of hydrogen-bond acceptors (Lipinski definition) is 3. The molecule has 9 heteroatoms. The number of carbonyl (C=O) groups excluding carboxylic acids is 1. The molecule has 0 radical (unpaired) electrons. The molecule has 0 unspecified atom stereocenters. The van der Waals surface area contributed by atoms with Crippen LogP contribution in [0.25, 0.3) is 0 Å². The maximum absolute atomic E-state index is 13.2. The number of halogens is 3. The first kappa shape index (κ1) is 22.3. The van der Waals surface area contributed by atoms with Gasteiger partial charge in [-0.15, -0.1) is 0 Å². The maximum Gasteiger partial charge on any atom is 0.416 e. The molecule has 3 rings (SSSR count). The number of anilines is 1. The van der Waals surface area contributed by atoms with Crippen LogP contribution in [0.15, 0.2) is 59.5 Å². The Morgan fingerprint density at radius 3 is 2.30 bits per heavy atom. The van der Waals surface area contributed by atoms with E-state index in [1.54, 1.807) is 18.2 Å². The Hall–Kier alpha value is -2.39. The van der Waals surface area contributed by atoms with Crippen molar-refractivity contribution in [3.63, 3.8) is 0 Å². The number of amides is 1. The molecular formula is C21H23F3N2O3S. The van der Waals surface area contributed by atoms with E-state index in [0.29, 0.717) is 12.8 Å². The van der Waals surface area contributed by atoms with Crippen LogP contribution in [0.3, 0.4) is 0 Å². The van der Waals surface area contributed by atoms with Gasteiger partial charge < -0.3 is 5.32 Å². The Kier molecular flexibility index (Phi) is 6.82. The lowest BCUT2D eigenvalue weighted by Crippen LogP contribution is -2.45. The highest BCUT2D eigenvalue weighted by Gasteiger charge is 2.34. The summed E-state index contributed by atoms with van der Waals surface area (Å²) in [6, 6.07) is 11.8. The van der Waals surface area contributed by atoms with E-state index in [1.807, 2.05) is 0 Å². The molecule has 0 aliphatic heterocycles. The Balaban J connectivity index is 1.82. The number of nitrogens with zero attached hydrogens (tertiary/aromatic N) is 1. The summed E-state index contributed by atoms with van der Waals surface area (Å²) in [4.78, 5) is 12.7. The maximum atomic E-state index is 13.2. The van der Waals surface area contributed by atoms with Crippen molar-refractivity contribution < 1.29 is 26.4 Å². The number of hydrogen-bond donors (Lipinski definition) is 1. The summed E-state index contributed by atoms with van der Waals surface area (Å²) >= 11 is 0. The van der Waals surface area contributed by atoms with E-state index in [0.717, 1.165) is 31.4 Å². The number of benzene rings is 2. The fourth-order valence-electron chi connectivity index (χ4n) is 3.62. The first-order chi connectivity index (χ1) is 14.2. The molecule has 0 saturated heterocycles. The molecule has 0 atom stereocenters. The van der Waals surface area contributed by atoms with E-state index in [-0.39, 0.29) is 16.6 Å². The van der Waals surface area contributed by atoms with Crippen molar-refractivity contribution in [2.45, 2.75) is 49.2 Å². The third kappa shape index (κ3) is 5.40. The normalized spacial score (nSPS) is 15.9. The van der Waals surface area contributed by atoms with Crippen molar-refractivity contribution >= 4 is 21.6 Å². The first-order valence-electron chi connectivity index (χ1n) is 9.72. The molecule has 1 fully saturated rings. The van der Waals surface area contributed by atoms with Gasteiger partial charge in [-0.05, 0) is 43.2 Å². The Morgan fingerprint density at radius 2 is 1.67 bits per heavy atom. The van der Waals surface area contributed by atoms with Gasteiger partial charge in [0, 0.05) is 11.7 Å². The van der Waals surface area contributed by atoms with Crippen LogP contribution in [0.4, 0.5) is 18.9 Å². The molecule has 2 aromatic carbocycles. The second-order valence-corrected chi connectivity index (χ2v) is 9.17. The fourth-order valence-corrected chi connectivity index (χ4v) is 5.28. The fraction of sp³-hybridized carbons (Fsp3) is 0.381. The summed E-state index contributed by atoms with van der Waals surface area (Å²) in [7, 11) is -3.93. The van der Waals surface area contributed by atoms with Crippen LogP contribution in [-0.2, 0) is 21.0 Å². The lowest BCUT2D eigenvalue weighted by Gasteiger charge is -2.33. The molecule has 1 saturated carbocycles. The predicted molar refractivity (Wildman–Crippen MR) is 107 cm³/mol. The van der Waals surface area contributed by atoms with Gasteiger partial charge in [-0.1, -0.05) is 43.5 Å². The van der Waals surface area contributed by atoms with Crippen molar-refractivity contribution in [3.8, 4) is 0 Å². The quantitative estimate of drug-likeness (QED) is 0.710. The Morgan fingerprint density at radius 1 is 1.00 bits per heavy atom. The molecule has 162 valence electrons. The third-order valence-electron chi connectivity index (χ3n) is 5.10. The average molecular weight is 440 g/mol. The van der Waals surface area contributed by atoms with E-state index < -0.39 is 34.2 Å². The molecule has 1 N–H and O–H groups in total.